The number of unbranched alkanes of at least 4 members (excludes halogenated alkanes) is 18. The number of rotatable bonds is 47. The molecule has 7 nitrogen and oxygen atoms in total. The van der Waals surface area contributed by atoms with Gasteiger partial charge in [-0.15, -0.1) is 0 Å². The first-order valence-corrected chi connectivity index (χ1v) is 25.7. The highest BCUT2D eigenvalue weighted by Gasteiger charge is 2.14. The van der Waals surface area contributed by atoms with E-state index in [9.17, 15) is 19.8 Å². The molecule has 346 valence electrons. The molecule has 3 unspecified atom stereocenters. The average Bonchev–Trinajstić information content (AvgIpc) is 3.21. The van der Waals surface area contributed by atoms with Crippen LogP contribution >= 0.6 is 0 Å². The first kappa shape index (κ1) is 56.8. The first-order valence-electron chi connectivity index (χ1n) is 25.7. The third-order valence-corrected chi connectivity index (χ3v) is 12.3. The number of carbonyl (C=O) groups is 2. The molecular weight excluding hydrogens is 723 g/mol. The summed E-state index contributed by atoms with van der Waals surface area (Å²) in [5.74, 6) is 1.41. The second-order valence-corrected chi connectivity index (χ2v) is 18.0. The summed E-state index contributed by atoms with van der Waals surface area (Å²) in [6.07, 6.45) is 40.5. The number of nitrogens with zero attached hydrogens (tertiary/aromatic N) is 1. The van der Waals surface area contributed by atoms with Gasteiger partial charge in [0.25, 0.3) is 0 Å². The van der Waals surface area contributed by atoms with Crippen molar-refractivity contribution >= 4 is 11.9 Å². The van der Waals surface area contributed by atoms with E-state index in [1.807, 2.05) is 0 Å². The summed E-state index contributed by atoms with van der Waals surface area (Å²) in [4.78, 5) is 27.2. The van der Waals surface area contributed by atoms with Crippen molar-refractivity contribution in [3.63, 3.8) is 0 Å². The molecule has 0 aromatic heterocycles. The molecule has 0 radical (unpaired) electrons. The lowest BCUT2D eigenvalue weighted by Crippen LogP contribution is -2.34. The Morgan fingerprint density at radius 3 is 1.24 bits per heavy atom. The number of hydrogen-bond acceptors (Lipinski definition) is 7. The van der Waals surface area contributed by atoms with Gasteiger partial charge in [-0.3, -0.25) is 9.59 Å². The van der Waals surface area contributed by atoms with E-state index < -0.39 is 6.10 Å². The molecule has 58 heavy (non-hydrogen) atoms. The van der Waals surface area contributed by atoms with Crippen LogP contribution in [0.1, 0.15) is 259 Å². The molecule has 7 heteroatoms. The zero-order valence-corrected chi connectivity index (χ0v) is 39.4. The van der Waals surface area contributed by atoms with Gasteiger partial charge in [-0.05, 0) is 95.6 Å². The Labute approximate surface area is 361 Å². The van der Waals surface area contributed by atoms with E-state index >= 15 is 0 Å². The smallest absolute Gasteiger partial charge is 0.305 e. The lowest BCUT2D eigenvalue weighted by molar-refractivity contribution is -0.144. The zero-order chi connectivity index (χ0) is 42.6. The molecule has 0 saturated heterocycles. The lowest BCUT2D eigenvalue weighted by Gasteiger charge is -2.25. The van der Waals surface area contributed by atoms with Crippen molar-refractivity contribution in [3.8, 4) is 0 Å². The van der Waals surface area contributed by atoms with Gasteiger partial charge in [-0.1, -0.05) is 175 Å². The Morgan fingerprint density at radius 2 is 0.776 bits per heavy atom. The van der Waals surface area contributed by atoms with E-state index in [1.54, 1.807) is 0 Å². The summed E-state index contributed by atoms with van der Waals surface area (Å²) in [5.41, 5.74) is 0. The standard InChI is InChI=1S/C51H101NO6/c1-5-9-13-15-22-34-47(32-20-11-7-3)36-30-44-57-50(55)39-24-17-18-27-41-52(42-28-19-29-43-53)46-49(54)38-25-26-40-51(56)58-45-31-37-48(33-21-12-8-4)35-23-16-14-10-6-2/h47-49,53-54H,5-46H2,1-4H3. The molecule has 0 rings (SSSR count). The summed E-state index contributed by atoms with van der Waals surface area (Å²) in [6, 6.07) is 0. The molecule has 0 aliphatic heterocycles. The van der Waals surface area contributed by atoms with Crippen LogP contribution < -0.4 is 0 Å². The van der Waals surface area contributed by atoms with Crippen molar-refractivity contribution < 1.29 is 29.3 Å². The lowest BCUT2D eigenvalue weighted by atomic mass is 9.91. The Hall–Kier alpha value is -1.18. The Kier molecular flexibility index (Phi) is 44.4. The van der Waals surface area contributed by atoms with Crippen molar-refractivity contribution in [2.24, 2.45) is 11.8 Å². The summed E-state index contributed by atoms with van der Waals surface area (Å²) < 4.78 is 11.2. The number of esters is 2. The maximum absolute atomic E-state index is 12.4. The van der Waals surface area contributed by atoms with Crippen LogP contribution in [-0.4, -0.2) is 72.6 Å². The largest absolute Gasteiger partial charge is 0.466 e. The van der Waals surface area contributed by atoms with Gasteiger partial charge in [0.1, 0.15) is 0 Å². The van der Waals surface area contributed by atoms with Crippen molar-refractivity contribution in [1.82, 2.24) is 4.90 Å². The van der Waals surface area contributed by atoms with Crippen molar-refractivity contribution in [2.45, 2.75) is 265 Å². The third-order valence-electron chi connectivity index (χ3n) is 12.3. The fourth-order valence-corrected chi connectivity index (χ4v) is 8.48. The van der Waals surface area contributed by atoms with E-state index in [4.69, 9.17) is 9.47 Å². The fraction of sp³-hybridized carbons (Fsp3) is 0.961. The number of aliphatic hydroxyl groups is 2. The van der Waals surface area contributed by atoms with Crippen LogP contribution in [0.2, 0.25) is 0 Å². The van der Waals surface area contributed by atoms with E-state index in [-0.39, 0.29) is 18.5 Å². The molecule has 0 aliphatic rings. The molecule has 0 aromatic rings. The molecule has 0 fully saturated rings. The molecule has 0 aliphatic carbocycles. The molecule has 0 aromatic carbocycles. The van der Waals surface area contributed by atoms with Gasteiger partial charge >= 0.3 is 11.9 Å². The summed E-state index contributed by atoms with van der Waals surface area (Å²) >= 11 is 0. The highest BCUT2D eigenvalue weighted by Crippen LogP contribution is 2.24. The number of aliphatic hydroxyl groups excluding tert-OH is 2. The number of hydrogen-bond donors (Lipinski definition) is 2. The molecule has 2 N–H and O–H groups in total. The molecule has 0 saturated carbocycles. The van der Waals surface area contributed by atoms with Gasteiger partial charge in [-0.25, -0.2) is 0 Å². The Bertz CT molecular complexity index is 855. The van der Waals surface area contributed by atoms with Crippen LogP contribution in [0, 0.1) is 11.8 Å². The SMILES string of the molecule is CCCCCCCC(CCCCC)CCCOC(=O)CCCCCCN(CCCCCO)CC(O)CCCCC(=O)OCCCC(CCCCC)CCCCCCC. The predicted molar refractivity (Wildman–Crippen MR) is 247 cm³/mol. The van der Waals surface area contributed by atoms with E-state index in [0.29, 0.717) is 39.0 Å². The summed E-state index contributed by atoms with van der Waals surface area (Å²) in [6.45, 7) is 12.9. The predicted octanol–water partition coefficient (Wildman–Crippen LogP) is 14.1. The average molecular weight is 824 g/mol. The monoisotopic (exact) mass is 824 g/mol. The molecular formula is C51H101NO6. The highest BCUT2D eigenvalue weighted by atomic mass is 16.5. The van der Waals surface area contributed by atoms with Crippen molar-refractivity contribution in [2.75, 3.05) is 39.5 Å². The topological polar surface area (TPSA) is 96.3 Å². The Balaban J connectivity index is 4.29. The normalized spacial score (nSPS) is 13.2. The highest BCUT2D eigenvalue weighted by molar-refractivity contribution is 5.69. The van der Waals surface area contributed by atoms with E-state index in [0.717, 1.165) is 95.6 Å². The van der Waals surface area contributed by atoms with Crippen LogP contribution in [0.15, 0.2) is 0 Å². The minimum Gasteiger partial charge on any atom is -0.466 e. The Morgan fingerprint density at radius 1 is 0.431 bits per heavy atom. The van der Waals surface area contributed by atoms with Crippen molar-refractivity contribution in [1.29, 1.82) is 0 Å². The maximum atomic E-state index is 12.4. The van der Waals surface area contributed by atoms with Crippen LogP contribution in [0.5, 0.6) is 0 Å². The van der Waals surface area contributed by atoms with E-state index in [1.165, 1.54) is 141 Å². The van der Waals surface area contributed by atoms with Gasteiger partial charge in [-0.2, -0.15) is 0 Å². The molecule has 0 heterocycles. The molecule has 0 amide bonds. The molecule has 3 atom stereocenters. The quantitative estimate of drug-likeness (QED) is 0.0466. The van der Waals surface area contributed by atoms with Gasteiger partial charge in [0.05, 0.1) is 19.3 Å². The van der Waals surface area contributed by atoms with Gasteiger partial charge in [0, 0.05) is 26.0 Å². The second kappa shape index (κ2) is 45.3. The minimum atomic E-state index is -0.410. The first-order chi connectivity index (χ1) is 28.4. The second-order valence-electron chi connectivity index (χ2n) is 18.0. The van der Waals surface area contributed by atoms with E-state index in [2.05, 4.69) is 32.6 Å². The number of ether oxygens (including phenoxy) is 2. The van der Waals surface area contributed by atoms with Crippen LogP contribution in [-0.2, 0) is 19.1 Å². The fourth-order valence-electron chi connectivity index (χ4n) is 8.48. The van der Waals surface area contributed by atoms with Gasteiger partial charge < -0.3 is 24.6 Å². The summed E-state index contributed by atoms with van der Waals surface area (Å²) in [5, 5.41) is 20.1. The number of carbonyl (C=O) groups excluding carboxylic acids is 2. The van der Waals surface area contributed by atoms with Gasteiger partial charge in [0.15, 0.2) is 0 Å². The zero-order valence-electron chi connectivity index (χ0n) is 39.4. The molecule has 0 bridgehead atoms. The summed E-state index contributed by atoms with van der Waals surface area (Å²) in [7, 11) is 0. The van der Waals surface area contributed by atoms with Gasteiger partial charge in [0.2, 0.25) is 0 Å². The van der Waals surface area contributed by atoms with Crippen LogP contribution in [0.4, 0.5) is 0 Å². The van der Waals surface area contributed by atoms with Crippen molar-refractivity contribution in [3.05, 3.63) is 0 Å². The van der Waals surface area contributed by atoms with Crippen LogP contribution in [0.3, 0.4) is 0 Å². The van der Waals surface area contributed by atoms with Crippen LogP contribution in [0.25, 0.3) is 0 Å². The minimum absolute atomic E-state index is 0.0471. The third kappa shape index (κ3) is 40.2. The maximum Gasteiger partial charge on any atom is 0.305 e. The molecule has 0 spiro atoms.